The lowest BCUT2D eigenvalue weighted by Gasteiger charge is -2.58. The van der Waals surface area contributed by atoms with Gasteiger partial charge >= 0.3 is 5.97 Å². The zero-order chi connectivity index (χ0) is 26.3. The van der Waals surface area contributed by atoms with Crippen LogP contribution in [0.2, 0.25) is 0 Å². The third-order valence-electron chi connectivity index (χ3n) is 10.6. The van der Waals surface area contributed by atoms with E-state index < -0.39 is 17.9 Å². The van der Waals surface area contributed by atoms with Crippen molar-refractivity contribution in [3.05, 3.63) is 11.6 Å². The van der Waals surface area contributed by atoms with Crippen molar-refractivity contribution in [3.63, 3.8) is 0 Å². The molecule has 0 aromatic carbocycles. The van der Waals surface area contributed by atoms with Crippen molar-refractivity contribution in [2.24, 2.45) is 45.6 Å². The molecule has 0 heterocycles. The molecule has 7 nitrogen and oxygen atoms in total. The van der Waals surface area contributed by atoms with E-state index in [9.17, 15) is 19.5 Å². The molecule has 3 fully saturated rings. The highest BCUT2D eigenvalue weighted by Crippen LogP contribution is 2.66. The number of hydrogen-bond acceptors (Lipinski definition) is 5. The SMILES string of the molecule is CCC(C)C(NC(=O)CON=C1C=C2CCC3C(CCC4(C)C(C(C)=O)CCC34)C2(C)CC1)C(=O)O. The molecule has 7 heteroatoms. The van der Waals surface area contributed by atoms with Gasteiger partial charge in [0.25, 0.3) is 5.91 Å². The minimum Gasteiger partial charge on any atom is -0.480 e. The van der Waals surface area contributed by atoms with Gasteiger partial charge in [-0.05, 0) is 98.9 Å². The van der Waals surface area contributed by atoms with Crippen LogP contribution in [-0.4, -0.2) is 41.1 Å². The van der Waals surface area contributed by atoms with Gasteiger partial charge in [-0.25, -0.2) is 4.79 Å². The van der Waals surface area contributed by atoms with E-state index in [-0.39, 0.29) is 29.3 Å². The summed E-state index contributed by atoms with van der Waals surface area (Å²) in [5.74, 6) is 0.967. The van der Waals surface area contributed by atoms with Gasteiger partial charge in [0.1, 0.15) is 11.8 Å². The minimum atomic E-state index is -1.03. The van der Waals surface area contributed by atoms with Gasteiger partial charge in [-0.3, -0.25) is 9.59 Å². The van der Waals surface area contributed by atoms with Crippen LogP contribution < -0.4 is 5.32 Å². The Morgan fingerprint density at radius 1 is 1.14 bits per heavy atom. The number of carboxylic acids is 1. The van der Waals surface area contributed by atoms with Gasteiger partial charge < -0.3 is 15.3 Å². The number of carboxylic acid groups (broad SMARTS) is 1. The predicted octanol–water partition coefficient (Wildman–Crippen LogP) is 5.14. The molecule has 0 aliphatic heterocycles. The summed E-state index contributed by atoms with van der Waals surface area (Å²) in [6, 6.07) is -0.922. The molecule has 4 aliphatic carbocycles. The number of fused-ring (bicyclic) bond motifs is 5. The highest BCUT2D eigenvalue weighted by molar-refractivity contribution is 5.96. The van der Waals surface area contributed by atoms with Crippen LogP contribution in [0.15, 0.2) is 16.8 Å². The van der Waals surface area contributed by atoms with E-state index in [1.807, 2.05) is 6.92 Å². The topological polar surface area (TPSA) is 105 Å². The highest BCUT2D eigenvalue weighted by Gasteiger charge is 2.59. The molecule has 0 aromatic rings. The number of carbonyl (C=O) groups excluding carboxylic acids is 2. The predicted molar refractivity (Wildman–Crippen MR) is 138 cm³/mol. The summed E-state index contributed by atoms with van der Waals surface area (Å²) in [6.07, 6.45) is 11.5. The summed E-state index contributed by atoms with van der Waals surface area (Å²) >= 11 is 0. The molecule has 0 bridgehead atoms. The molecular weight excluding hydrogens is 456 g/mol. The van der Waals surface area contributed by atoms with Crippen LogP contribution in [0.4, 0.5) is 0 Å². The zero-order valence-electron chi connectivity index (χ0n) is 22.6. The first-order chi connectivity index (χ1) is 17.0. The molecule has 1 amide bonds. The maximum atomic E-state index is 12.4. The fourth-order valence-electron chi connectivity index (χ4n) is 8.38. The first-order valence-electron chi connectivity index (χ1n) is 13.9. The lowest BCUT2D eigenvalue weighted by Crippen LogP contribution is -2.51. The third kappa shape index (κ3) is 4.74. The van der Waals surface area contributed by atoms with Crippen LogP contribution in [-0.2, 0) is 19.2 Å². The number of amides is 1. The smallest absolute Gasteiger partial charge is 0.326 e. The number of nitrogens with one attached hydrogen (secondary N) is 1. The van der Waals surface area contributed by atoms with Gasteiger partial charge in [0.15, 0.2) is 6.61 Å². The second-order valence-electron chi connectivity index (χ2n) is 12.4. The number of ketones is 1. The zero-order valence-corrected chi connectivity index (χ0v) is 22.6. The fraction of sp³-hybridized carbons (Fsp3) is 0.793. The second kappa shape index (κ2) is 10.3. The summed E-state index contributed by atoms with van der Waals surface area (Å²) in [5, 5.41) is 16.2. The third-order valence-corrected chi connectivity index (χ3v) is 10.6. The first-order valence-corrected chi connectivity index (χ1v) is 13.9. The maximum Gasteiger partial charge on any atom is 0.326 e. The van der Waals surface area contributed by atoms with E-state index in [0.29, 0.717) is 30.0 Å². The average molecular weight is 501 g/mol. The Bertz CT molecular complexity index is 957. The number of Topliss-reactive ketones (excluding diaryl/α,β-unsaturated/α-hetero) is 1. The molecule has 0 radical (unpaired) electrons. The Balaban J connectivity index is 1.39. The van der Waals surface area contributed by atoms with Gasteiger partial charge in [-0.15, -0.1) is 0 Å². The summed E-state index contributed by atoms with van der Waals surface area (Å²) in [4.78, 5) is 41.4. The van der Waals surface area contributed by atoms with Crippen LogP contribution >= 0.6 is 0 Å². The number of aliphatic carboxylic acids is 1. The van der Waals surface area contributed by atoms with Crippen LogP contribution in [0.3, 0.4) is 0 Å². The molecular formula is C29H44N2O5. The summed E-state index contributed by atoms with van der Waals surface area (Å²) < 4.78 is 0. The van der Waals surface area contributed by atoms with Crippen LogP contribution in [0.25, 0.3) is 0 Å². The van der Waals surface area contributed by atoms with E-state index >= 15 is 0 Å². The number of allylic oxidation sites excluding steroid dienone is 2. The lowest BCUT2D eigenvalue weighted by molar-refractivity contribution is -0.144. The Hall–Kier alpha value is -2.18. The van der Waals surface area contributed by atoms with Crippen molar-refractivity contribution in [2.45, 2.75) is 98.4 Å². The number of rotatable bonds is 8. The summed E-state index contributed by atoms with van der Waals surface area (Å²) in [5.41, 5.74) is 2.66. The lowest BCUT2D eigenvalue weighted by atomic mass is 9.46. The van der Waals surface area contributed by atoms with Crippen molar-refractivity contribution >= 4 is 23.4 Å². The number of carbonyl (C=O) groups is 3. The van der Waals surface area contributed by atoms with E-state index in [1.165, 1.54) is 24.8 Å². The Labute approximate surface area is 215 Å². The van der Waals surface area contributed by atoms with E-state index in [0.717, 1.165) is 37.8 Å². The van der Waals surface area contributed by atoms with Gasteiger partial charge in [-0.2, -0.15) is 0 Å². The summed E-state index contributed by atoms with van der Waals surface area (Å²) in [7, 11) is 0. The molecule has 0 saturated heterocycles. The minimum absolute atomic E-state index is 0.163. The van der Waals surface area contributed by atoms with Crippen molar-refractivity contribution in [2.75, 3.05) is 6.61 Å². The standard InChI is InChI=1S/C29H44N2O5/c1-6-17(2)26(27(34)35)30-25(33)16-36-31-20-11-13-28(4)19(15-20)7-8-21-23-10-9-22(18(3)32)29(23,5)14-12-24(21)28/h15,17,21-24,26H,6-14,16H2,1-5H3,(H,30,33)(H,34,35). The van der Waals surface area contributed by atoms with Crippen molar-refractivity contribution in [1.29, 1.82) is 0 Å². The normalized spacial score (nSPS) is 38.1. The Morgan fingerprint density at radius 2 is 1.89 bits per heavy atom. The molecule has 4 rings (SSSR count). The maximum absolute atomic E-state index is 12.4. The van der Waals surface area contributed by atoms with E-state index in [2.05, 4.69) is 30.4 Å². The Kier molecular flexibility index (Phi) is 7.68. The van der Waals surface area contributed by atoms with Gasteiger partial charge in [0, 0.05) is 5.92 Å². The second-order valence-corrected chi connectivity index (χ2v) is 12.4. The fourth-order valence-corrected chi connectivity index (χ4v) is 8.38. The quantitative estimate of drug-likeness (QED) is 0.449. The molecule has 3 saturated carbocycles. The van der Waals surface area contributed by atoms with Crippen LogP contribution in [0, 0.1) is 40.4 Å². The van der Waals surface area contributed by atoms with Crippen molar-refractivity contribution in [3.8, 4) is 0 Å². The monoisotopic (exact) mass is 500 g/mol. The average Bonchev–Trinajstić information content (AvgIpc) is 3.19. The molecule has 2 N–H and O–H groups in total. The van der Waals surface area contributed by atoms with Crippen LogP contribution in [0.5, 0.6) is 0 Å². The van der Waals surface area contributed by atoms with Crippen LogP contribution in [0.1, 0.15) is 92.4 Å². The summed E-state index contributed by atoms with van der Waals surface area (Å²) in [6.45, 7) is 10.0. The molecule has 200 valence electrons. The first kappa shape index (κ1) is 26.9. The molecule has 8 atom stereocenters. The van der Waals surface area contributed by atoms with E-state index in [1.54, 1.807) is 13.8 Å². The molecule has 0 spiro atoms. The van der Waals surface area contributed by atoms with Crippen molar-refractivity contribution < 1.29 is 24.3 Å². The molecule has 0 aromatic heterocycles. The Morgan fingerprint density at radius 3 is 2.56 bits per heavy atom. The van der Waals surface area contributed by atoms with Gasteiger partial charge in [0.05, 0.1) is 5.71 Å². The highest BCUT2D eigenvalue weighted by atomic mass is 16.6. The van der Waals surface area contributed by atoms with Crippen molar-refractivity contribution in [1.82, 2.24) is 5.32 Å². The number of oxime groups is 1. The van der Waals surface area contributed by atoms with Gasteiger partial charge in [-0.1, -0.05) is 44.8 Å². The van der Waals surface area contributed by atoms with Gasteiger partial charge in [0.2, 0.25) is 0 Å². The number of hydrogen-bond donors (Lipinski definition) is 2. The molecule has 4 aliphatic rings. The van der Waals surface area contributed by atoms with E-state index in [4.69, 9.17) is 4.84 Å². The molecule has 8 unspecified atom stereocenters. The largest absolute Gasteiger partial charge is 0.480 e. The number of nitrogens with zero attached hydrogens (tertiary/aromatic N) is 1. The molecule has 36 heavy (non-hydrogen) atoms.